The minimum atomic E-state index is 0.144. The average molecular weight is 237 g/mol. The maximum Gasteiger partial charge on any atom is 0.0640 e. The average Bonchev–Trinajstić information content (AvgIpc) is 2.95. The Morgan fingerprint density at radius 2 is 2.29 bits per heavy atom. The Morgan fingerprint density at radius 3 is 2.88 bits per heavy atom. The zero-order valence-corrected chi connectivity index (χ0v) is 10.8. The lowest BCUT2D eigenvalue weighted by molar-refractivity contribution is 0.269. The molecule has 1 fully saturated rings. The maximum atomic E-state index is 8.80. The van der Waals surface area contributed by atoms with Gasteiger partial charge in [-0.15, -0.1) is 0 Å². The van der Waals surface area contributed by atoms with E-state index in [4.69, 9.17) is 5.11 Å². The van der Waals surface area contributed by atoms with Crippen LogP contribution in [0.3, 0.4) is 0 Å². The highest BCUT2D eigenvalue weighted by Crippen LogP contribution is 2.51. The number of nitrogens with one attached hydrogen (secondary N) is 1. The van der Waals surface area contributed by atoms with Crippen molar-refractivity contribution < 1.29 is 5.11 Å². The van der Waals surface area contributed by atoms with Gasteiger partial charge in [-0.05, 0) is 24.2 Å². The molecule has 0 amide bonds. The van der Waals surface area contributed by atoms with Crippen molar-refractivity contribution in [2.45, 2.75) is 39.8 Å². The highest BCUT2D eigenvalue weighted by Gasteiger charge is 2.44. The fourth-order valence-electron chi connectivity index (χ4n) is 2.30. The third-order valence-corrected chi connectivity index (χ3v) is 3.94. The molecule has 4 nitrogen and oxygen atoms in total. The van der Waals surface area contributed by atoms with Crippen molar-refractivity contribution >= 4 is 0 Å². The Kier molecular flexibility index (Phi) is 3.84. The van der Waals surface area contributed by atoms with Crippen molar-refractivity contribution in [2.75, 3.05) is 13.2 Å². The van der Waals surface area contributed by atoms with Crippen molar-refractivity contribution in [3.05, 3.63) is 18.0 Å². The van der Waals surface area contributed by atoms with Crippen molar-refractivity contribution in [1.82, 2.24) is 15.1 Å². The first-order valence-electron chi connectivity index (χ1n) is 6.49. The number of nitrogens with zero attached hydrogens (tertiary/aromatic N) is 2. The van der Waals surface area contributed by atoms with Gasteiger partial charge in [-0.3, -0.25) is 4.68 Å². The molecule has 1 aliphatic carbocycles. The summed E-state index contributed by atoms with van der Waals surface area (Å²) < 4.78 is 1.78. The molecule has 0 aliphatic heterocycles. The van der Waals surface area contributed by atoms with Crippen LogP contribution in [0.25, 0.3) is 0 Å². The van der Waals surface area contributed by atoms with Crippen LogP contribution in [0, 0.1) is 11.3 Å². The van der Waals surface area contributed by atoms with Crippen LogP contribution in [-0.4, -0.2) is 28.0 Å². The number of hydrogen-bond acceptors (Lipinski definition) is 3. The lowest BCUT2D eigenvalue weighted by Gasteiger charge is -2.19. The van der Waals surface area contributed by atoms with Gasteiger partial charge < -0.3 is 10.4 Å². The Hall–Kier alpha value is -0.870. The van der Waals surface area contributed by atoms with Crippen LogP contribution in [0.1, 0.15) is 32.3 Å². The standard InChI is InChI=1S/C13H23N3O/c1-11(2)13(3-4-13)10-14-7-12-8-15-16(9-12)5-6-17/h8-9,11,14,17H,3-7,10H2,1-2H3. The van der Waals surface area contributed by atoms with E-state index in [1.165, 1.54) is 18.4 Å². The van der Waals surface area contributed by atoms with E-state index >= 15 is 0 Å². The van der Waals surface area contributed by atoms with Gasteiger partial charge in [0.05, 0.1) is 19.3 Å². The van der Waals surface area contributed by atoms with E-state index in [2.05, 4.69) is 24.3 Å². The zero-order chi connectivity index (χ0) is 12.3. The summed E-state index contributed by atoms with van der Waals surface area (Å²) in [6.45, 7) is 7.33. The van der Waals surface area contributed by atoms with E-state index in [1.807, 2.05) is 12.4 Å². The topological polar surface area (TPSA) is 50.1 Å². The Morgan fingerprint density at radius 1 is 1.53 bits per heavy atom. The first-order valence-corrected chi connectivity index (χ1v) is 6.49. The van der Waals surface area contributed by atoms with Crippen molar-refractivity contribution in [1.29, 1.82) is 0 Å². The minimum Gasteiger partial charge on any atom is -0.394 e. The van der Waals surface area contributed by atoms with Gasteiger partial charge in [0.2, 0.25) is 0 Å². The van der Waals surface area contributed by atoms with Crippen molar-refractivity contribution in [3.8, 4) is 0 Å². The van der Waals surface area contributed by atoms with E-state index in [1.54, 1.807) is 4.68 Å². The number of aliphatic hydroxyl groups is 1. The maximum absolute atomic E-state index is 8.80. The molecule has 1 aliphatic rings. The molecule has 2 rings (SSSR count). The van der Waals surface area contributed by atoms with Crippen LogP contribution >= 0.6 is 0 Å². The molecule has 0 aromatic carbocycles. The van der Waals surface area contributed by atoms with Gasteiger partial charge in [-0.25, -0.2) is 0 Å². The van der Waals surface area contributed by atoms with Crippen molar-refractivity contribution in [2.24, 2.45) is 11.3 Å². The molecule has 0 saturated heterocycles. The third kappa shape index (κ3) is 3.07. The predicted octanol–water partition coefficient (Wildman–Crippen LogP) is 1.40. The summed E-state index contributed by atoms with van der Waals surface area (Å²) in [6.07, 6.45) is 6.60. The fraction of sp³-hybridized carbons (Fsp3) is 0.769. The number of rotatable bonds is 7. The van der Waals surface area contributed by atoms with Crippen LogP contribution in [0.4, 0.5) is 0 Å². The molecule has 1 heterocycles. The second kappa shape index (κ2) is 5.19. The van der Waals surface area contributed by atoms with Gasteiger partial charge in [0.1, 0.15) is 0 Å². The number of aromatic nitrogens is 2. The van der Waals surface area contributed by atoms with E-state index < -0.39 is 0 Å². The summed E-state index contributed by atoms with van der Waals surface area (Å²) in [5.74, 6) is 0.770. The molecule has 1 aromatic heterocycles. The molecular weight excluding hydrogens is 214 g/mol. The summed E-state index contributed by atoms with van der Waals surface area (Å²) in [5.41, 5.74) is 1.75. The second-order valence-electron chi connectivity index (χ2n) is 5.46. The molecular formula is C13H23N3O. The molecule has 0 bridgehead atoms. The first-order chi connectivity index (χ1) is 8.16. The summed E-state index contributed by atoms with van der Waals surface area (Å²) in [5, 5.41) is 16.5. The van der Waals surface area contributed by atoms with E-state index in [9.17, 15) is 0 Å². The fourth-order valence-corrected chi connectivity index (χ4v) is 2.30. The minimum absolute atomic E-state index is 0.144. The highest BCUT2D eigenvalue weighted by atomic mass is 16.3. The monoisotopic (exact) mass is 237 g/mol. The Labute approximate surface area is 103 Å². The van der Waals surface area contributed by atoms with Gasteiger partial charge in [0, 0.05) is 24.8 Å². The molecule has 17 heavy (non-hydrogen) atoms. The third-order valence-electron chi connectivity index (χ3n) is 3.94. The van der Waals surface area contributed by atoms with Gasteiger partial charge >= 0.3 is 0 Å². The molecule has 4 heteroatoms. The SMILES string of the molecule is CC(C)C1(CNCc2cnn(CCO)c2)CC1. The summed E-state index contributed by atoms with van der Waals surface area (Å²) in [6, 6.07) is 0. The van der Waals surface area contributed by atoms with E-state index in [0.717, 1.165) is 19.0 Å². The lowest BCUT2D eigenvalue weighted by atomic mass is 9.92. The molecule has 0 spiro atoms. The predicted molar refractivity (Wildman–Crippen MR) is 67.5 cm³/mol. The smallest absolute Gasteiger partial charge is 0.0640 e. The number of hydrogen-bond donors (Lipinski definition) is 2. The van der Waals surface area contributed by atoms with E-state index in [-0.39, 0.29) is 6.61 Å². The lowest BCUT2D eigenvalue weighted by Crippen LogP contribution is -2.27. The largest absolute Gasteiger partial charge is 0.394 e. The summed E-state index contributed by atoms with van der Waals surface area (Å²) in [7, 11) is 0. The molecule has 0 radical (unpaired) electrons. The van der Waals surface area contributed by atoms with Crippen LogP contribution < -0.4 is 5.32 Å². The van der Waals surface area contributed by atoms with Crippen LogP contribution in [-0.2, 0) is 13.1 Å². The molecule has 2 N–H and O–H groups in total. The van der Waals surface area contributed by atoms with Crippen LogP contribution in [0.2, 0.25) is 0 Å². The normalized spacial score (nSPS) is 17.6. The first kappa shape index (κ1) is 12.6. The quantitative estimate of drug-likeness (QED) is 0.753. The molecule has 0 unspecified atom stereocenters. The highest BCUT2D eigenvalue weighted by molar-refractivity contribution is 5.04. The van der Waals surface area contributed by atoms with E-state index in [0.29, 0.717) is 12.0 Å². The summed E-state index contributed by atoms with van der Waals surface area (Å²) in [4.78, 5) is 0. The van der Waals surface area contributed by atoms with Gasteiger partial charge in [-0.1, -0.05) is 13.8 Å². The summed E-state index contributed by atoms with van der Waals surface area (Å²) >= 11 is 0. The Balaban J connectivity index is 1.74. The van der Waals surface area contributed by atoms with Gasteiger partial charge in [0.25, 0.3) is 0 Å². The van der Waals surface area contributed by atoms with Gasteiger partial charge in [-0.2, -0.15) is 5.10 Å². The molecule has 1 aromatic rings. The Bertz CT molecular complexity index is 355. The second-order valence-corrected chi connectivity index (χ2v) is 5.46. The van der Waals surface area contributed by atoms with Gasteiger partial charge in [0.15, 0.2) is 0 Å². The van der Waals surface area contributed by atoms with Crippen molar-refractivity contribution in [3.63, 3.8) is 0 Å². The zero-order valence-electron chi connectivity index (χ0n) is 10.8. The molecule has 96 valence electrons. The molecule has 0 atom stereocenters. The van der Waals surface area contributed by atoms with Crippen LogP contribution in [0.5, 0.6) is 0 Å². The number of aliphatic hydroxyl groups excluding tert-OH is 1. The molecule has 1 saturated carbocycles. The van der Waals surface area contributed by atoms with Crippen LogP contribution in [0.15, 0.2) is 12.4 Å².